The highest BCUT2D eigenvalue weighted by Gasteiger charge is 2.20. The fraction of sp³-hybridized carbons (Fsp3) is 0.615. The molecule has 0 saturated heterocycles. The molecule has 1 heterocycles. The molecule has 0 spiro atoms. The molecule has 18 heavy (non-hydrogen) atoms. The van der Waals surface area contributed by atoms with Gasteiger partial charge in [0.05, 0.1) is 7.11 Å². The van der Waals surface area contributed by atoms with Crippen LogP contribution in [0, 0.1) is 5.41 Å². The van der Waals surface area contributed by atoms with E-state index in [1.165, 1.54) is 11.3 Å². The molecule has 0 aliphatic rings. The summed E-state index contributed by atoms with van der Waals surface area (Å²) in [5.74, 6) is 0.601. The Morgan fingerprint density at radius 2 is 2.28 bits per heavy atom. The minimum absolute atomic E-state index is 0.0474. The van der Waals surface area contributed by atoms with Gasteiger partial charge in [-0.1, -0.05) is 29.8 Å². The molecular formula is C13H20BrNO2S. The van der Waals surface area contributed by atoms with Crippen molar-refractivity contribution in [3.8, 4) is 5.75 Å². The Balaban J connectivity index is 2.51. The lowest BCUT2D eigenvalue weighted by atomic mass is 9.88. The highest BCUT2D eigenvalue weighted by atomic mass is 79.9. The number of amides is 1. The topological polar surface area (TPSA) is 38.3 Å². The molecule has 0 aliphatic carbocycles. The molecule has 3 nitrogen and oxygen atoms in total. The monoisotopic (exact) mass is 333 g/mol. The van der Waals surface area contributed by atoms with E-state index >= 15 is 0 Å². The van der Waals surface area contributed by atoms with E-state index in [2.05, 4.69) is 35.1 Å². The lowest BCUT2D eigenvalue weighted by molar-refractivity contribution is 0.0936. The van der Waals surface area contributed by atoms with Crippen LogP contribution in [0.25, 0.3) is 0 Å². The van der Waals surface area contributed by atoms with Gasteiger partial charge in [0.25, 0.3) is 5.91 Å². The maximum absolute atomic E-state index is 12.0. The smallest absolute Gasteiger partial charge is 0.265 e. The van der Waals surface area contributed by atoms with E-state index in [0.29, 0.717) is 17.2 Å². The zero-order chi connectivity index (χ0) is 13.6. The second kappa shape index (κ2) is 7.14. The van der Waals surface area contributed by atoms with E-state index in [1.807, 2.05) is 11.4 Å². The Morgan fingerprint density at radius 1 is 1.56 bits per heavy atom. The Labute approximate surface area is 121 Å². The van der Waals surface area contributed by atoms with Gasteiger partial charge >= 0.3 is 0 Å². The van der Waals surface area contributed by atoms with Crippen molar-refractivity contribution in [1.82, 2.24) is 5.32 Å². The van der Waals surface area contributed by atoms with Gasteiger partial charge in [-0.15, -0.1) is 11.3 Å². The standard InChI is InChI=1S/C13H20BrNO2S/c1-13(2,6-4-7-14)9-15-12(16)11-10(17-3)5-8-18-11/h5,8H,4,6-7,9H2,1-3H3,(H,15,16). The summed E-state index contributed by atoms with van der Waals surface area (Å²) in [6.07, 6.45) is 2.20. The molecule has 1 N–H and O–H groups in total. The zero-order valence-electron chi connectivity index (χ0n) is 11.1. The SMILES string of the molecule is COc1ccsc1C(=O)NCC(C)(C)CCCBr. The number of methoxy groups -OCH3 is 1. The average Bonchev–Trinajstić information content (AvgIpc) is 2.82. The quantitative estimate of drug-likeness (QED) is 0.773. The second-order valence-electron chi connectivity index (χ2n) is 4.96. The summed E-state index contributed by atoms with van der Waals surface area (Å²) < 4.78 is 5.15. The number of hydrogen-bond acceptors (Lipinski definition) is 3. The van der Waals surface area contributed by atoms with Crippen molar-refractivity contribution in [1.29, 1.82) is 0 Å². The summed E-state index contributed by atoms with van der Waals surface area (Å²) in [5.41, 5.74) is 0.119. The first kappa shape index (κ1) is 15.5. The molecule has 0 bridgehead atoms. The van der Waals surface area contributed by atoms with Crippen LogP contribution >= 0.6 is 27.3 Å². The third-order valence-electron chi connectivity index (χ3n) is 2.77. The predicted octanol–water partition coefficient (Wildman–Crippen LogP) is 3.69. The number of rotatable bonds is 7. The number of alkyl halides is 1. The molecule has 0 aromatic carbocycles. The van der Waals surface area contributed by atoms with E-state index in [9.17, 15) is 4.79 Å². The molecule has 0 atom stereocenters. The van der Waals surface area contributed by atoms with Crippen LogP contribution in [-0.4, -0.2) is 24.9 Å². The second-order valence-corrected chi connectivity index (χ2v) is 6.67. The van der Waals surface area contributed by atoms with Gasteiger partial charge < -0.3 is 10.1 Å². The van der Waals surface area contributed by atoms with Crippen LogP contribution in [0.4, 0.5) is 0 Å². The maximum atomic E-state index is 12.0. The van der Waals surface area contributed by atoms with Gasteiger partial charge in [0.1, 0.15) is 10.6 Å². The Kier molecular flexibility index (Phi) is 6.15. The lowest BCUT2D eigenvalue weighted by Crippen LogP contribution is -2.33. The third-order valence-corrected chi connectivity index (χ3v) is 4.23. The van der Waals surface area contributed by atoms with Gasteiger partial charge in [-0.25, -0.2) is 0 Å². The largest absolute Gasteiger partial charge is 0.495 e. The molecule has 0 fully saturated rings. The molecular weight excluding hydrogens is 314 g/mol. The minimum atomic E-state index is -0.0474. The fourth-order valence-corrected chi connectivity index (χ4v) is 2.71. The summed E-state index contributed by atoms with van der Waals surface area (Å²) in [5, 5.41) is 5.85. The number of thiophene rings is 1. The number of nitrogens with one attached hydrogen (secondary N) is 1. The number of hydrogen-bond donors (Lipinski definition) is 1. The number of carbonyl (C=O) groups is 1. The number of ether oxygens (including phenoxy) is 1. The Bertz CT molecular complexity index is 390. The summed E-state index contributed by atoms with van der Waals surface area (Å²) in [6, 6.07) is 1.82. The lowest BCUT2D eigenvalue weighted by Gasteiger charge is -2.24. The van der Waals surface area contributed by atoms with Crippen LogP contribution in [0.1, 0.15) is 36.4 Å². The summed E-state index contributed by atoms with van der Waals surface area (Å²) in [4.78, 5) is 12.7. The first-order chi connectivity index (χ1) is 8.50. The normalized spacial score (nSPS) is 11.3. The Hall–Kier alpha value is -0.550. The van der Waals surface area contributed by atoms with Gasteiger partial charge in [0.2, 0.25) is 0 Å². The van der Waals surface area contributed by atoms with Crippen molar-refractivity contribution in [3.63, 3.8) is 0 Å². The Morgan fingerprint density at radius 3 is 2.89 bits per heavy atom. The van der Waals surface area contributed by atoms with E-state index in [-0.39, 0.29) is 11.3 Å². The molecule has 1 aromatic heterocycles. The zero-order valence-corrected chi connectivity index (χ0v) is 13.5. The molecule has 1 amide bonds. The van der Waals surface area contributed by atoms with Gasteiger partial charge in [-0.05, 0) is 29.7 Å². The van der Waals surface area contributed by atoms with Crippen molar-refractivity contribution in [2.45, 2.75) is 26.7 Å². The summed E-state index contributed by atoms with van der Waals surface area (Å²) in [7, 11) is 1.58. The number of halogens is 1. The molecule has 1 rings (SSSR count). The molecule has 102 valence electrons. The molecule has 0 radical (unpaired) electrons. The molecule has 5 heteroatoms. The first-order valence-electron chi connectivity index (χ1n) is 5.96. The molecule has 0 unspecified atom stereocenters. The van der Waals surface area contributed by atoms with Crippen molar-refractivity contribution >= 4 is 33.2 Å². The first-order valence-corrected chi connectivity index (χ1v) is 7.96. The van der Waals surface area contributed by atoms with Gasteiger partial charge in [0.15, 0.2) is 0 Å². The van der Waals surface area contributed by atoms with Crippen LogP contribution in [0.2, 0.25) is 0 Å². The van der Waals surface area contributed by atoms with Crippen molar-refractivity contribution in [2.24, 2.45) is 5.41 Å². The van der Waals surface area contributed by atoms with Gasteiger partial charge in [0, 0.05) is 11.9 Å². The summed E-state index contributed by atoms with van der Waals surface area (Å²) in [6.45, 7) is 5.02. The number of carbonyl (C=O) groups excluding carboxylic acids is 1. The van der Waals surface area contributed by atoms with Gasteiger partial charge in [-0.3, -0.25) is 4.79 Å². The van der Waals surface area contributed by atoms with Crippen LogP contribution in [-0.2, 0) is 0 Å². The minimum Gasteiger partial charge on any atom is -0.495 e. The third kappa shape index (κ3) is 4.61. The molecule has 0 aliphatic heterocycles. The van der Waals surface area contributed by atoms with E-state index in [1.54, 1.807) is 7.11 Å². The average molecular weight is 334 g/mol. The molecule has 1 aromatic rings. The predicted molar refractivity (Wildman–Crippen MR) is 80.0 cm³/mol. The van der Waals surface area contributed by atoms with E-state index < -0.39 is 0 Å². The van der Waals surface area contributed by atoms with Crippen LogP contribution < -0.4 is 10.1 Å². The van der Waals surface area contributed by atoms with Crippen molar-refractivity contribution in [2.75, 3.05) is 19.0 Å². The maximum Gasteiger partial charge on any atom is 0.265 e. The van der Waals surface area contributed by atoms with Crippen LogP contribution in [0.5, 0.6) is 5.75 Å². The van der Waals surface area contributed by atoms with Gasteiger partial charge in [-0.2, -0.15) is 0 Å². The highest BCUT2D eigenvalue weighted by molar-refractivity contribution is 9.09. The fourth-order valence-electron chi connectivity index (χ4n) is 1.66. The summed E-state index contributed by atoms with van der Waals surface area (Å²) >= 11 is 4.84. The van der Waals surface area contributed by atoms with Crippen molar-refractivity contribution in [3.05, 3.63) is 16.3 Å². The van der Waals surface area contributed by atoms with Crippen LogP contribution in [0.15, 0.2) is 11.4 Å². The van der Waals surface area contributed by atoms with E-state index in [4.69, 9.17) is 4.74 Å². The van der Waals surface area contributed by atoms with Crippen LogP contribution in [0.3, 0.4) is 0 Å². The van der Waals surface area contributed by atoms with Crippen molar-refractivity contribution < 1.29 is 9.53 Å². The molecule has 0 saturated carbocycles. The highest BCUT2D eigenvalue weighted by Crippen LogP contribution is 2.25. The van der Waals surface area contributed by atoms with E-state index in [0.717, 1.165) is 18.2 Å².